The van der Waals surface area contributed by atoms with E-state index in [9.17, 15) is 5.11 Å². The van der Waals surface area contributed by atoms with Crippen molar-refractivity contribution in [1.82, 2.24) is 4.98 Å². The lowest BCUT2D eigenvalue weighted by molar-refractivity contribution is 0.415. The molecular formula is C17H13N3O2. The van der Waals surface area contributed by atoms with Crippen LogP contribution in [0.15, 0.2) is 47.5 Å². The molecule has 5 nitrogen and oxygen atoms in total. The average Bonchev–Trinajstić information content (AvgIpc) is 2.87. The summed E-state index contributed by atoms with van der Waals surface area (Å²) in [4.78, 5) is 7.22. The summed E-state index contributed by atoms with van der Waals surface area (Å²) in [6, 6.07) is 14.5. The molecule has 0 radical (unpaired) electrons. The number of nitriles is 1. The van der Waals surface area contributed by atoms with E-state index in [0.717, 1.165) is 10.9 Å². The Morgan fingerprint density at radius 2 is 2.14 bits per heavy atom. The minimum atomic E-state index is 0.0449. The number of aromatic nitrogens is 1. The number of fused-ring (bicyclic) bond motifs is 1. The molecule has 0 aliphatic heterocycles. The second-order valence-electron chi connectivity index (χ2n) is 4.72. The molecule has 0 amide bonds. The molecule has 0 aliphatic carbocycles. The Bertz CT molecular complexity index is 904. The van der Waals surface area contributed by atoms with Crippen LogP contribution in [0.25, 0.3) is 10.9 Å². The Morgan fingerprint density at radius 1 is 1.27 bits per heavy atom. The number of rotatable bonds is 3. The molecular weight excluding hydrogens is 278 g/mol. The van der Waals surface area contributed by atoms with Crippen LogP contribution in [0.2, 0.25) is 0 Å². The summed E-state index contributed by atoms with van der Waals surface area (Å²) in [5, 5.41) is 19.8. The molecule has 2 aromatic carbocycles. The molecule has 1 aromatic heterocycles. The average molecular weight is 291 g/mol. The summed E-state index contributed by atoms with van der Waals surface area (Å²) in [6.07, 6.45) is 1.57. The maximum absolute atomic E-state index is 10.0. The van der Waals surface area contributed by atoms with E-state index in [1.165, 1.54) is 0 Å². The smallest absolute Gasteiger partial charge is 0.198 e. The summed E-state index contributed by atoms with van der Waals surface area (Å²) in [5.74, 6) is 0.746. The van der Waals surface area contributed by atoms with Crippen molar-refractivity contribution in [1.29, 1.82) is 5.26 Å². The van der Waals surface area contributed by atoms with Gasteiger partial charge < -0.3 is 14.8 Å². The van der Waals surface area contributed by atoms with Crippen molar-refractivity contribution < 1.29 is 9.84 Å². The standard InChI is InChI=1S/C17H13N3O2/c1-22-13-5-6-16-14(8-13)15(17(21)20-16)10-19-12-4-2-3-11(7-12)9-18/h2-8,10,20-21H,1H3. The number of H-pyrrole nitrogens is 1. The van der Waals surface area contributed by atoms with Gasteiger partial charge in [-0.05, 0) is 36.4 Å². The largest absolute Gasteiger partial charge is 0.497 e. The quantitative estimate of drug-likeness (QED) is 0.724. The Balaban J connectivity index is 2.04. The molecule has 22 heavy (non-hydrogen) atoms. The molecule has 3 rings (SSSR count). The zero-order valence-corrected chi connectivity index (χ0v) is 11.9. The van der Waals surface area contributed by atoms with Crippen molar-refractivity contribution in [2.75, 3.05) is 7.11 Å². The van der Waals surface area contributed by atoms with E-state index in [-0.39, 0.29) is 5.88 Å². The van der Waals surface area contributed by atoms with Crippen LogP contribution in [-0.2, 0) is 0 Å². The van der Waals surface area contributed by atoms with Gasteiger partial charge in [-0.3, -0.25) is 4.99 Å². The summed E-state index contributed by atoms with van der Waals surface area (Å²) < 4.78 is 5.20. The molecule has 108 valence electrons. The number of methoxy groups -OCH3 is 1. The van der Waals surface area contributed by atoms with Crippen LogP contribution in [0, 0.1) is 11.3 Å². The fraction of sp³-hybridized carbons (Fsp3) is 0.0588. The van der Waals surface area contributed by atoms with Gasteiger partial charge in [0.15, 0.2) is 5.88 Å². The van der Waals surface area contributed by atoms with Gasteiger partial charge in [-0.1, -0.05) is 6.07 Å². The minimum absolute atomic E-state index is 0.0449. The van der Waals surface area contributed by atoms with Crippen LogP contribution >= 0.6 is 0 Å². The first-order valence-corrected chi connectivity index (χ1v) is 6.64. The third kappa shape index (κ3) is 2.50. The minimum Gasteiger partial charge on any atom is -0.497 e. The second-order valence-corrected chi connectivity index (χ2v) is 4.72. The molecule has 5 heteroatoms. The van der Waals surface area contributed by atoms with E-state index in [1.54, 1.807) is 37.6 Å². The first-order valence-electron chi connectivity index (χ1n) is 6.64. The SMILES string of the molecule is COc1ccc2[nH]c(O)c(C=Nc3cccc(C#N)c3)c2c1. The number of ether oxygens (including phenoxy) is 1. The van der Waals surface area contributed by atoms with Gasteiger partial charge in [0.2, 0.25) is 0 Å². The first kappa shape index (κ1) is 13.7. The Kier molecular flexibility index (Phi) is 3.50. The van der Waals surface area contributed by atoms with Crippen molar-refractivity contribution in [3.8, 4) is 17.7 Å². The normalized spacial score (nSPS) is 10.9. The van der Waals surface area contributed by atoms with E-state index < -0.39 is 0 Å². The van der Waals surface area contributed by atoms with Gasteiger partial charge in [0, 0.05) is 17.1 Å². The number of aromatic hydroxyl groups is 1. The number of aromatic amines is 1. The third-order valence-electron chi connectivity index (χ3n) is 3.34. The van der Waals surface area contributed by atoms with Crippen LogP contribution in [-0.4, -0.2) is 23.4 Å². The number of benzene rings is 2. The molecule has 0 saturated heterocycles. The third-order valence-corrected chi connectivity index (χ3v) is 3.34. The summed E-state index contributed by atoms with van der Waals surface area (Å²) in [6.45, 7) is 0. The molecule has 0 atom stereocenters. The van der Waals surface area contributed by atoms with Crippen molar-refractivity contribution in [2.24, 2.45) is 4.99 Å². The van der Waals surface area contributed by atoms with Gasteiger partial charge in [-0.15, -0.1) is 0 Å². The van der Waals surface area contributed by atoms with Crippen molar-refractivity contribution in [3.63, 3.8) is 0 Å². The van der Waals surface area contributed by atoms with Crippen LogP contribution < -0.4 is 4.74 Å². The Labute approximate surface area is 127 Å². The highest BCUT2D eigenvalue weighted by Gasteiger charge is 2.09. The van der Waals surface area contributed by atoms with Crippen LogP contribution in [0.4, 0.5) is 5.69 Å². The maximum atomic E-state index is 10.0. The fourth-order valence-corrected chi connectivity index (χ4v) is 2.23. The van der Waals surface area contributed by atoms with E-state index in [2.05, 4.69) is 16.0 Å². The maximum Gasteiger partial charge on any atom is 0.198 e. The zero-order valence-electron chi connectivity index (χ0n) is 11.9. The van der Waals surface area contributed by atoms with E-state index in [0.29, 0.717) is 22.6 Å². The topological polar surface area (TPSA) is 81.4 Å². The second kappa shape index (κ2) is 5.62. The van der Waals surface area contributed by atoms with Crippen LogP contribution in [0.5, 0.6) is 11.6 Å². The van der Waals surface area contributed by atoms with Crippen LogP contribution in [0.1, 0.15) is 11.1 Å². The molecule has 2 N–H and O–H groups in total. The van der Waals surface area contributed by atoms with Crippen LogP contribution in [0.3, 0.4) is 0 Å². The predicted molar refractivity (Wildman–Crippen MR) is 84.9 cm³/mol. The van der Waals surface area contributed by atoms with E-state index in [1.807, 2.05) is 18.2 Å². The summed E-state index contributed by atoms with van der Waals surface area (Å²) in [5.41, 5.74) is 2.57. The zero-order chi connectivity index (χ0) is 15.5. The summed E-state index contributed by atoms with van der Waals surface area (Å²) >= 11 is 0. The number of nitrogens with one attached hydrogen (secondary N) is 1. The van der Waals surface area contributed by atoms with Crippen molar-refractivity contribution >= 4 is 22.8 Å². The van der Waals surface area contributed by atoms with E-state index >= 15 is 0 Å². The molecule has 3 aromatic rings. The van der Waals surface area contributed by atoms with Crippen molar-refractivity contribution in [3.05, 3.63) is 53.6 Å². The number of nitrogens with zero attached hydrogens (tertiary/aromatic N) is 2. The molecule has 0 spiro atoms. The predicted octanol–water partition coefficient (Wildman–Crippen LogP) is 3.50. The van der Waals surface area contributed by atoms with Gasteiger partial charge in [-0.2, -0.15) is 5.26 Å². The lowest BCUT2D eigenvalue weighted by Crippen LogP contribution is -1.83. The molecule has 0 fully saturated rings. The number of hydrogen-bond donors (Lipinski definition) is 2. The summed E-state index contributed by atoms with van der Waals surface area (Å²) in [7, 11) is 1.59. The molecule has 0 saturated carbocycles. The highest BCUT2D eigenvalue weighted by Crippen LogP contribution is 2.29. The monoisotopic (exact) mass is 291 g/mol. The highest BCUT2D eigenvalue weighted by atomic mass is 16.5. The Hall–Kier alpha value is -3.26. The van der Waals surface area contributed by atoms with Gasteiger partial charge >= 0.3 is 0 Å². The first-order chi connectivity index (χ1) is 10.7. The lowest BCUT2D eigenvalue weighted by atomic mass is 10.1. The van der Waals surface area contributed by atoms with Gasteiger partial charge in [0.1, 0.15) is 5.75 Å². The number of hydrogen-bond acceptors (Lipinski definition) is 4. The van der Waals surface area contributed by atoms with Gasteiger partial charge in [0.05, 0.1) is 30.0 Å². The molecule has 0 bridgehead atoms. The molecule has 0 aliphatic rings. The number of aliphatic imine (C=N–C) groups is 1. The van der Waals surface area contributed by atoms with Gasteiger partial charge in [-0.25, -0.2) is 0 Å². The van der Waals surface area contributed by atoms with E-state index in [4.69, 9.17) is 10.00 Å². The molecule has 1 heterocycles. The highest BCUT2D eigenvalue weighted by molar-refractivity contribution is 6.03. The van der Waals surface area contributed by atoms with Gasteiger partial charge in [0.25, 0.3) is 0 Å². The lowest BCUT2D eigenvalue weighted by Gasteiger charge is -1.99. The fourth-order valence-electron chi connectivity index (χ4n) is 2.23. The van der Waals surface area contributed by atoms with Crippen molar-refractivity contribution in [2.45, 2.75) is 0 Å². The molecule has 0 unspecified atom stereocenters. The Morgan fingerprint density at radius 3 is 2.91 bits per heavy atom.